The van der Waals surface area contributed by atoms with Gasteiger partial charge in [0, 0.05) is 28.7 Å². The van der Waals surface area contributed by atoms with Gasteiger partial charge in [0.05, 0.1) is 13.7 Å². The van der Waals surface area contributed by atoms with Crippen molar-refractivity contribution in [3.63, 3.8) is 0 Å². The number of hydrogen-bond donors (Lipinski definition) is 1. The molecule has 0 atom stereocenters. The second-order valence-electron chi connectivity index (χ2n) is 7.92. The molecule has 0 aliphatic carbocycles. The molecule has 0 unspecified atom stereocenters. The molecule has 0 spiro atoms. The van der Waals surface area contributed by atoms with E-state index in [1.165, 1.54) is 0 Å². The molecule has 0 aliphatic heterocycles. The van der Waals surface area contributed by atoms with Gasteiger partial charge in [0.1, 0.15) is 0 Å². The van der Waals surface area contributed by atoms with Crippen LogP contribution >= 0.6 is 11.6 Å². The summed E-state index contributed by atoms with van der Waals surface area (Å²) in [4.78, 5) is 0. The molecule has 0 aliphatic rings. The van der Waals surface area contributed by atoms with E-state index in [4.69, 9.17) is 21.1 Å². The van der Waals surface area contributed by atoms with Crippen molar-refractivity contribution >= 4 is 11.6 Å². The maximum absolute atomic E-state index is 6.23. The Morgan fingerprint density at radius 3 is 2.30 bits per heavy atom. The third-order valence-corrected chi connectivity index (χ3v) is 3.71. The minimum Gasteiger partial charge on any atom is -0.493 e. The molecule has 1 aromatic rings. The SMILES string of the molecule is CCCOc1c(CNC(C)(C)CC(C)(C)C)cc(Cl)cc1OC. The van der Waals surface area contributed by atoms with Crippen molar-refractivity contribution in [1.29, 1.82) is 0 Å². The van der Waals surface area contributed by atoms with Crippen molar-refractivity contribution in [2.75, 3.05) is 13.7 Å². The summed E-state index contributed by atoms with van der Waals surface area (Å²) in [7, 11) is 1.64. The zero-order chi connectivity index (χ0) is 17.7. The zero-order valence-electron chi connectivity index (χ0n) is 15.7. The Balaban J connectivity index is 2.95. The standard InChI is InChI=1S/C19H32ClNO2/c1-8-9-23-17-14(10-15(20)11-16(17)22-7)12-21-19(5,6)13-18(2,3)4/h10-11,21H,8-9,12-13H2,1-7H3. The van der Waals surface area contributed by atoms with Crippen LogP contribution in [0.3, 0.4) is 0 Å². The van der Waals surface area contributed by atoms with Crippen molar-refractivity contribution in [2.24, 2.45) is 5.41 Å². The number of benzene rings is 1. The van der Waals surface area contributed by atoms with E-state index in [2.05, 4.69) is 46.9 Å². The van der Waals surface area contributed by atoms with Crippen LogP contribution in [-0.2, 0) is 6.54 Å². The zero-order valence-corrected chi connectivity index (χ0v) is 16.4. The molecule has 0 saturated carbocycles. The molecule has 23 heavy (non-hydrogen) atoms. The van der Waals surface area contributed by atoms with Gasteiger partial charge in [-0.15, -0.1) is 0 Å². The van der Waals surface area contributed by atoms with Crippen LogP contribution in [-0.4, -0.2) is 19.3 Å². The highest BCUT2D eigenvalue weighted by atomic mass is 35.5. The quantitative estimate of drug-likeness (QED) is 0.682. The molecule has 1 rings (SSSR count). The first-order valence-corrected chi connectivity index (χ1v) is 8.70. The lowest BCUT2D eigenvalue weighted by Gasteiger charge is -2.33. The maximum Gasteiger partial charge on any atom is 0.165 e. The lowest BCUT2D eigenvalue weighted by molar-refractivity contribution is 0.238. The van der Waals surface area contributed by atoms with Gasteiger partial charge in [0.15, 0.2) is 11.5 Å². The van der Waals surface area contributed by atoms with Crippen molar-refractivity contribution in [1.82, 2.24) is 5.32 Å². The molecule has 0 heterocycles. The molecular formula is C19H32ClNO2. The van der Waals surface area contributed by atoms with Crippen LogP contribution in [0.5, 0.6) is 11.5 Å². The molecule has 0 saturated heterocycles. The highest BCUT2D eigenvalue weighted by molar-refractivity contribution is 6.30. The number of methoxy groups -OCH3 is 1. The van der Waals surface area contributed by atoms with Crippen molar-refractivity contribution in [3.8, 4) is 11.5 Å². The summed E-state index contributed by atoms with van der Waals surface area (Å²) >= 11 is 6.23. The lowest BCUT2D eigenvalue weighted by Crippen LogP contribution is -2.41. The van der Waals surface area contributed by atoms with E-state index in [1.54, 1.807) is 13.2 Å². The van der Waals surface area contributed by atoms with E-state index in [-0.39, 0.29) is 11.0 Å². The number of ether oxygens (including phenoxy) is 2. The molecule has 0 radical (unpaired) electrons. The Morgan fingerprint density at radius 1 is 1.13 bits per heavy atom. The van der Waals surface area contributed by atoms with Crippen LogP contribution in [0.25, 0.3) is 0 Å². The normalized spacial score (nSPS) is 12.3. The van der Waals surface area contributed by atoms with Gasteiger partial charge >= 0.3 is 0 Å². The first-order valence-electron chi connectivity index (χ1n) is 8.32. The minimum atomic E-state index is 0.0236. The Morgan fingerprint density at radius 2 is 1.78 bits per heavy atom. The summed E-state index contributed by atoms with van der Waals surface area (Å²) in [5, 5.41) is 4.30. The van der Waals surface area contributed by atoms with Gasteiger partial charge in [-0.2, -0.15) is 0 Å². The van der Waals surface area contributed by atoms with Gasteiger partial charge in [-0.25, -0.2) is 0 Å². The van der Waals surface area contributed by atoms with Crippen LogP contribution in [0.1, 0.15) is 59.9 Å². The summed E-state index contributed by atoms with van der Waals surface area (Å²) in [5.41, 5.74) is 1.32. The van der Waals surface area contributed by atoms with Crippen LogP contribution < -0.4 is 14.8 Å². The number of rotatable bonds is 8. The van der Waals surface area contributed by atoms with Crippen molar-refractivity contribution in [2.45, 2.75) is 66.5 Å². The summed E-state index contributed by atoms with van der Waals surface area (Å²) in [6.07, 6.45) is 2.02. The predicted molar refractivity (Wildman–Crippen MR) is 98.8 cm³/mol. The third-order valence-electron chi connectivity index (χ3n) is 3.50. The predicted octanol–water partition coefficient (Wildman–Crippen LogP) is 5.44. The smallest absolute Gasteiger partial charge is 0.165 e. The molecule has 0 fully saturated rings. The fourth-order valence-electron chi connectivity index (χ4n) is 3.00. The maximum atomic E-state index is 6.23. The average molecular weight is 342 g/mol. The molecular weight excluding hydrogens is 310 g/mol. The first-order chi connectivity index (χ1) is 10.6. The Kier molecular flexibility index (Phi) is 7.22. The van der Waals surface area contributed by atoms with Crippen LogP contribution in [0.2, 0.25) is 5.02 Å². The molecule has 132 valence electrons. The molecule has 1 aromatic carbocycles. The molecule has 0 aromatic heterocycles. The average Bonchev–Trinajstić information content (AvgIpc) is 2.40. The largest absolute Gasteiger partial charge is 0.493 e. The van der Waals surface area contributed by atoms with Crippen molar-refractivity contribution < 1.29 is 9.47 Å². The lowest BCUT2D eigenvalue weighted by atomic mass is 9.81. The fourth-order valence-corrected chi connectivity index (χ4v) is 3.23. The second kappa shape index (κ2) is 8.25. The minimum absolute atomic E-state index is 0.0236. The van der Waals surface area contributed by atoms with Crippen molar-refractivity contribution in [3.05, 3.63) is 22.7 Å². The number of nitrogens with one attached hydrogen (secondary N) is 1. The van der Waals surface area contributed by atoms with Gasteiger partial charge in [0.2, 0.25) is 0 Å². The van der Waals surface area contributed by atoms with Gasteiger partial charge in [-0.05, 0) is 38.2 Å². The highest BCUT2D eigenvalue weighted by Gasteiger charge is 2.25. The van der Waals surface area contributed by atoms with Crippen LogP contribution in [0.15, 0.2) is 12.1 Å². The Hall–Kier alpha value is -0.930. The van der Waals surface area contributed by atoms with Crippen LogP contribution in [0.4, 0.5) is 0 Å². The van der Waals surface area contributed by atoms with Gasteiger partial charge in [-0.1, -0.05) is 39.3 Å². The Bertz CT molecular complexity index is 507. The van der Waals surface area contributed by atoms with E-state index in [9.17, 15) is 0 Å². The Labute approximate surface area is 146 Å². The monoisotopic (exact) mass is 341 g/mol. The molecule has 0 bridgehead atoms. The fraction of sp³-hybridized carbons (Fsp3) is 0.684. The molecule has 1 N–H and O–H groups in total. The molecule has 0 amide bonds. The van der Waals surface area contributed by atoms with Gasteiger partial charge in [0.25, 0.3) is 0 Å². The van der Waals surface area contributed by atoms with E-state index < -0.39 is 0 Å². The number of hydrogen-bond acceptors (Lipinski definition) is 3. The van der Waals surface area contributed by atoms with E-state index >= 15 is 0 Å². The summed E-state index contributed by atoms with van der Waals surface area (Å²) < 4.78 is 11.3. The summed E-state index contributed by atoms with van der Waals surface area (Å²) in [5.74, 6) is 1.48. The molecule has 4 heteroatoms. The van der Waals surface area contributed by atoms with E-state index in [0.29, 0.717) is 23.9 Å². The summed E-state index contributed by atoms with van der Waals surface area (Å²) in [6.45, 7) is 14.7. The highest BCUT2D eigenvalue weighted by Crippen LogP contribution is 2.35. The van der Waals surface area contributed by atoms with Gasteiger partial charge in [-0.3, -0.25) is 0 Å². The summed E-state index contributed by atoms with van der Waals surface area (Å²) in [6, 6.07) is 3.76. The van der Waals surface area contributed by atoms with E-state index in [0.717, 1.165) is 24.2 Å². The van der Waals surface area contributed by atoms with Gasteiger partial charge < -0.3 is 14.8 Å². The third kappa shape index (κ3) is 7.01. The topological polar surface area (TPSA) is 30.5 Å². The van der Waals surface area contributed by atoms with Crippen LogP contribution in [0, 0.1) is 5.41 Å². The van der Waals surface area contributed by atoms with E-state index in [1.807, 2.05) is 6.07 Å². The molecule has 3 nitrogen and oxygen atoms in total. The number of halogens is 1. The first kappa shape index (κ1) is 20.1. The second-order valence-corrected chi connectivity index (χ2v) is 8.36.